The van der Waals surface area contributed by atoms with Gasteiger partial charge in [0.25, 0.3) is 0 Å². The molecule has 0 saturated heterocycles. The fourth-order valence-electron chi connectivity index (χ4n) is 3.60. The van der Waals surface area contributed by atoms with Crippen LogP contribution in [0.5, 0.6) is 0 Å². The molecule has 1 saturated carbocycles. The molecule has 2 N–H and O–H groups in total. The van der Waals surface area contributed by atoms with Crippen molar-refractivity contribution in [1.82, 2.24) is 0 Å². The summed E-state index contributed by atoms with van der Waals surface area (Å²) in [4.78, 5) is 0. The van der Waals surface area contributed by atoms with E-state index in [-0.39, 0.29) is 0 Å². The van der Waals surface area contributed by atoms with Crippen LogP contribution >= 0.6 is 0 Å². The molecule has 1 fully saturated rings. The molecule has 114 valence electrons. The molecule has 19 heavy (non-hydrogen) atoms. The fraction of sp³-hybridized carbons (Fsp3) is 1.00. The van der Waals surface area contributed by atoms with Gasteiger partial charge in [0.15, 0.2) is 0 Å². The summed E-state index contributed by atoms with van der Waals surface area (Å²) in [5.74, 6) is 1.84. The zero-order valence-corrected chi connectivity index (χ0v) is 13.5. The van der Waals surface area contributed by atoms with E-state index in [0.717, 1.165) is 11.8 Å². The van der Waals surface area contributed by atoms with Crippen LogP contribution in [-0.2, 0) is 0 Å². The topological polar surface area (TPSA) is 26.0 Å². The van der Waals surface area contributed by atoms with Gasteiger partial charge in [-0.3, -0.25) is 0 Å². The van der Waals surface area contributed by atoms with Crippen LogP contribution in [-0.4, -0.2) is 6.04 Å². The van der Waals surface area contributed by atoms with Crippen molar-refractivity contribution in [2.24, 2.45) is 17.6 Å². The second-order valence-electron chi connectivity index (χ2n) is 6.76. The normalized spacial score (nSPS) is 25.4. The Bertz CT molecular complexity index is 194. The summed E-state index contributed by atoms with van der Waals surface area (Å²) in [7, 11) is 0. The monoisotopic (exact) mass is 267 g/mol. The zero-order valence-electron chi connectivity index (χ0n) is 13.5. The van der Waals surface area contributed by atoms with Crippen LogP contribution in [0.2, 0.25) is 0 Å². The third kappa shape index (κ3) is 7.34. The minimum atomic E-state index is 0.494. The first-order valence-electron chi connectivity index (χ1n) is 9.03. The van der Waals surface area contributed by atoms with Crippen LogP contribution in [0.25, 0.3) is 0 Å². The summed E-state index contributed by atoms with van der Waals surface area (Å²) in [5.41, 5.74) is 6.40. The molecule has 0 radical (unpaired) electrons. The zero-order chi connectivity index (χ0) is 13.9. The standard InChI is InChI=1S/C18H37N/c1-3-5-6-7-8-9-10-11-18(19)17-14-12-16(4-2)13-15-17/h16-18H,3-15,19H2,1-2H3. The Morgan fingerprint density at radius 1 is 0.842 bits per heavy atom. The Morgan fingerprint density at radius 2 is 1.42 bits per heavy atom. The van der Waals surface area contributed by atoms with Gasteiger partial charge < -0.3 is 5.73 Å². The van der Waals surface area contributed by atoms with Gasteiger partial charge in [-0.25, -0.2) is 0 Å². The average Bonchev–Trinajstić information content (AvgIpc) is 2.46. The highest BCUT2D eigenvalue weighted by Crippen LogP contribution is 2.33. The van der Waals surface area contributed by atoms with Crippen molar-refractivity contribution >= 4 is 0 Å². The molecule has 1 unspecified atom stereocenters. The quantitative estimate of drug-likeness (QED) is 0.507. The molecule has 1 nitrogen and oxygen atoms in total. The van der Waals surface area contributed by atoms with Crippen LogP contribution < -0.4 is 5.73 Å². The molecule has 0 aromatic carbocycles. The maximum atomic E-state index is 6.40. The number of nitrogens with two attached hydrogens (primary N) is 1. The summed E-state index contributed by atoms with van der Waals surface area (Å²) in [5, 5.41) is 0. The van der Waals surface area contributed by atoms with Gasteiger partial charge >= 0.3 is 0 Å². The molecule has 1 aliphatic rings. The van der Waals surface area contributed by atoms with Crippen molar-refractivity contribution in [3.63, 3.8) is 0 Å². The molecule has 1 rings (SSSR count). The third-order valence-electron chi connectivity index (χ3n) is 5.22. The van der Waals surface area contributed by atoms with Gasteiger partial charge in [-0.15, -0.1) is 0 Å². The summed E-state index contributed by atoms with van der Waals surface area (Å²) >= 11 is 0. The lowest BCUT2D eigenvalue weighted by Crippen LogP contribution is -2.33. The van der Waals surface area contributed by atoms with Gasteiger partial charge in [-0.2, -0.15) is 0 Å². The molecule has 0 bridgehead atoms. The third-order valence-corrected chi connectivity index (χ3v) is 5.22. The van der Waals surface area contributed by atoms with E-state index in [1.807, 2.05) is 0 Å². The van der Waals surface area contributed by atoms with Crippen molar-refractivity contribution in [2.45, 2.75) is 103 Å². The van der Waals surface area contributed by atoms with E-state index in [0.29, 0.717) is 6.04 Å². The first-order valence-corrected chi connectivity index (χ1v) is 9.03. The highest BCUT2D eigenvalue weighted by Gasteiger charge is 2.24. The van der Waals surface area contributed by atoms with E-state index in [9.17, 15) is 0 Å². The first kappa shape index (κ1) is 17.0. The molecule has 0 heterocycles. The van der Waals surface area contributed by atoms with Crippen LogP contribution in [0.1, 0.15) is 97.3 Å². The van der Waals surface area contributed by atoms with Gasteiger partial charge in [-0.05, 0) is 31.1 Å². The lowest BCUT2D eigenvalue weighted by Gasteiger charge is -2.31. The number of hydrogen-bond acceptors (Lipinski definition) is 1. The smallest absolute Gasteiger partial charge is 0.00671 e. The SMILES string of the molecule is CCCCCCCCCC(N)C1CCC(CC)CC1. The van der Waals surface area contributed by atoms with Crippen molar-refractivity contribution in [2.75, 3.05) is 0 Å². The van der Waals surface area contributed by atoms with E-state index in [2.05, 4.69) is 13.8 Å². The number of hydrogen-bond donors (Lipinski definition) is 1. The van der Waals surface area contributed by atoms with E-state index < -0.39 is 0 Å². The molecular weight excluding hydrogens is 230 g/mol. The Labute approximate surface area is 121 Å². The highest BCUT2D eigenvalue weighted by molar-refractivity contribution is 4.79. The minimum Gasteiger partial charge on any atom is -0.327 e. The van der Waals surface area contributed by atoms with Crippen molar-refractivity contribution in [1.29, 1.82) is 0 Å². The maximum absolute atomic E-state index is 6.40. The van der Waals surface area contributed by atoms with E-state index in [1.54, 1.807) is 0 Å². The number of rotatable bonds is 10. The predicted molar refractivity (Wildman–Crippen MR) is 86.3 cm³/mol. The number of unbranched alkanes of at least 4 members (excludes halogenated alkanes) is 6. The van der Waals surface area contributed by atoms with Gasteiger partial charge in [0, 0.05) is 6.04 Å². The summed E-state index contributed by atoms with van der Waals surface area (Å²) in [6.45, 7) is 4.62. The van der Waals surface area contributed by atoms with E-state index in [1.165, 1.54) is 83.5 Å². The molecule has 0 aliphatic heterocycles. The molecule has 0 aromatic heterocycles. The summed E-state index contributed by atoms with van der Waals surface area (Å²) in [6, 6.07) is 0.494. The summed E-state index contributed by atoms with van der Waals surface area (Å²) < 4.78 is 0. The van der Waals surface area contributed by atoms with Gasteiger partial charge in [-0.1, -0.05) is 78.1 Å². The highest BCUT2D eigenvalue weighted by atomic mass is 14.6. The first-order chi connectivity index (χ1) is 9.27. The van der Waals surface area contributed by atoms with Crippen LogP contribution in [0, 0.1) is 11.8 Å². The van der Waals surface area contributed by atoms with Crippen molar-refractivity contribution in [3.8, 4) is 0 Å². The largest absolute Gasteiger partial charge is 0.327 e. The lowest BCUT2D eigenvalue weighted by atomic mass is 9.77. The minimum absolute atomic E-state index is 0.494. The Morgan fingerprint density at radius 3 is 2.00 bits per heavy atom. The molecule has 1 aliphatic carbocycles. The second-order valence-corrected chi connectivity index (χ2v) is 6.76. The van der Waals surface area contributed by atoms with Gasteiger partial charge in [0.05, 0.1) is 0 Å². The molecule has 0 amide bonds. The maximum Gasteiger partial charge on any atom is 0.00671 e. The van der Waals surface area contributed by atoms with Gasteiger partial charge in [0.1, 0.15) is 0 Å². The molecule has 0 spiro atoms. The Kier molecular flexibility index (Phi) is 9.59. The van der Waals surface area contributed by atoms with E-state index >= 15 is 0 Å². The molecular formula is C18H37N. The van der Waals surface area contributed by atoms with E-state index in [4.69, 9.17) is 5.73 Å². The average molecular weight is 268 g/mol. The summed E-state index contributed by atoms with van der Waals surface area (Å²) in [6.07, 6.45) is 18.1. The fourth-order valence-corrected chi connectivity index (χ4v) is 3.60. The predicted octanol–water partition coefficient (Wildman–Crippen LogP) is 5.67. The van der Waals surface area contributed by atoms with Crippen LogP contribution in [0.15, 0.2) is 0 Å². The van der Waals surface area contributed by atoms with Crippen LogP contribution in [0.4, 0.5) is 0 Å². The Hall–Kier alpha value is -0.0400. The van der Waals surface area contributed by atoms with Crippen molar-refractivity contribution in [3.05, 3.63) is 0 Å². The lowest BCUT2D eigenvalue weighted by molar-refractivity contribution is 0.231. The molecule has 1 heteroatoms. The second kappa shape index (κ2) is 10.7. The van der Waals surface area contributed by atoms with Crippen molar-refractivity contribution < 1.29 is 0 Å². The van der Waals surface area contributed by atoms with Crippen LogP contribution in [0.3, 0.4) is 0 Å². The molecule has 1 atom stereocenters. The molecule has 0 aromatic rings. The Balaban J connectivity index is 1.97. The van der Waals surface area contributed by atoms with Gasteiger partial charge in [0.2, 0.25) is 0 Å².